The minimum Gasteiger partial charge on any atom is -0.739 e. The summed E-state index contributed by atoms with van der Waals surface area (Å²) in [6.07, 6.45) is -0.274. The van der Waals surface area contributed by atoms with E-state index in [1.807, 2.05) is 0 Å². The number of ether oxygens (including phenoxy) is 1. The van der Waals surface area contributed by atoms with Gasteiger partial charge in [0.2, 0.25) is 5.10 Å². The molecule has 3 aromatic rings. The van der Waals surface area contributed by atoms with Crippen LogP contribution in [0.2, 0.25) is 0 Å². The molecule has 1 unspecified atom stereocenters. The van der Waals surface area contributed by atoms with Gasteiger partial charge in [-0.2, -0.15) is 13.2 Å². The SMILES string of the molecule is O=C(CCNc1n[n+]([O-])c2cc(-c3cncnc3)ccc2[n+]1[O-])OC1CCN(CC(F)(F)F)C1. The highest BCUT2D eigenvalue weighted by Gasteiger charge is 2.35. The Labute approximate surface area is 191 Å². The van der Waals surface area contributed by atoms with Gasteiger partial charge in [0, 0.05) is 42.0 Å². The van der Waals surface area contributed by atoms with Crippen LogP contribution < -0.4 is 14.9 Å². The number of hydrogen-bond donors (Lipinski definition) is 1. The van der Waals surface area contributed by atoms with Gasteiger partial charge >= 0.3 is 18.1 Å². The molecule has 1 saturated heterocycles. The molecule has 1 aliphatic heterocycles. The van der Waals surface area contributed by atoms with Gasteiger partial charge in [0.15, 0.2) is 5.52 Å². The Hall–Kier alpha value is -3.81. The summed E-state index contributed by atoms with van der Waals surface area (Å²) in [5.41, 5.74) is 1.38. The lowest BCUT2D eigenvalue weighted by Crippen LogP contribution is -2.44. The van der Waals surface area contributed by atoms with Gasteiger partial charge < -0.3 is 15.2 Å². The molecule has 2 aromatic heterocycles. The van der Waals surface area contributed by atoms with Crippen molar-refractivity contribution >= 4 is 23.0 Å². The number of likely N-dealkylation sites (tertiary alicyclic amines) is 1. The van der Waals surface area contributed by atoms with Gasteiger partial charge in [-0.05, 0) is 18.1 Å². The van der Waals surface area contributed by atoms with E-state index in [0.717, 1.165) is 0 Å². The smallest absolute Gasteiger partial charge is 0.460 e. The van der Waals surface area contributed by atoms with E-state index in [4.69, 9.17) is 4.74 Å². The zero-order chi connectivity index (χ0) is 24.3. The van der Waals surface area contributed by atoms with Crippen molar-refractivity contribution in [2.75, 3.05) is 31.5 Å². The monoisotopic (exact) mass is 479 g/mol. The van der Waals surface area contributed by atoms with Crippen molar-refractivity contribution in [1.82, 2.24) is 20.0 Å². The van der Waals surface area contributed by atoms with E-state index in [-0.39, 0.29) is 43.0 Å². The molecule has 4 rings (SSSR count). The minimum absolute atomic E-state index is 0.0126. The highest BCUT2D eigenvalue weighted by atomic mass is 19.4. The number of nitrogens with zero attached hydrogens (tertiary/aromatic N) is 6. The molecule has 0 saturated carbocycles. The van der Waals surface area contributed by atoms with Crippen LogP contribution in [-0.4, -0.2) is 64.4 Å². The summed E-state index contributed by atoms with van der Waals surface area (Å²) < 4.78 is 43.0. The first-order valence-corrected chi connectivity index (χ1v) is 10.3. The second-order valence-electron chi connectivity index (χ2n) is 7.75. The highest BCUT2D eigenvalue weighted by Crippen LogP contribution is 2.22. The summed E-state index contributed by atoms with van der Waals surface area (Å²) in [5, 5.41) is 31.3. The first-order valence-electron chi connectivity index (χ1n) is 10.3. The second-order valence-corrected chi connectivity index (χ2v) is 7.75. The maximum atomic E-state index is 12.6. The van der Waals surface area contributed by atoms with E-state index in [1.165, 1.54) is 23.4 Å². The van der Waals surface area contributed by atoms with E-state index in [0.29, 0.717) is 27.1 Å². The summed E-state index contributed by atoms with van der Waals surface area (Å²) in [4.78, 5) is 21.3. The van der Waals surface area contributed by atoms with Gasteiger partial charge in [-0.3, -0.25) is 15.0 Å². The third-order valence-corrected chi connectivity index (χ3v) is 5.21. The number of carbonyl (C=O) groups excluding carboxylic acids is 1. The molecular formula is C20H20F3N7O4. The van der Waals surface area contributed by atoms with Gasteiger partial charge in [-0.25, -0.2) is 14.7 Å². The third kappa shape index (κ3) is 5.57. The molecule has 0 spiro atoms. The number of rotatable bonds is 7. The van der Waals surface area contributed by atoms with Crippen molar-refractivity contribution in [3.63, 3.8) is 0 Å². The number of anilines is 1. The fraction of sp³-hybridized carbons (Fsp3) is 0.400. The maximum Gasteiger partial charge on any atom is 0.460 e. The van der Waals surface area contributed by atoms with Crippen molar-refractivity contribution < 1.29 is 32.3 Å². The first-order chi connectivity index (χ1) is 16.2. The van der Waals surface area contributed by atoms with Crippen LogP contribution in [0.1, 0.15) is 12.8 Å². The Morgan fingerprint density at radius 3 is 2.71 bits per heavy atom. The number of esters is 1. The summed E-state index contributed by atoms with van der Waals surface area (Å²) >= 11 is 0. The molecule has 1 aromatic carbocycles. The lowest BCUT2D eigenvalue weighted by molar-refractivity contribution is -0.672. The number of halogens is 3. The lowest BCUT2D eigenvalue weighted by atomic mass is 10.1. The summed E-state index contributed by atoms with van der Waals surface area (Å²) in [6.45, 7) is -0.901. The lowest BCUT2D eigenvalue weighted by Gasteiger charge is -2.17. The fourth-order valence-electron chi connectivity index (χ4n) is 3.69. The third-order valence-electron chi connectivity index (χ3n) is 5.21. The van der Waals surface area contributed by atoms with Crippen molar-refractivity contribution in [1.29, 1.82) is 0 Å². The summed E-state index contributed by atoms with van der Waals surface area (Å²) in [5.74, 6) is -0.933. The molecular weight excluding hydrogens is 459 g/mol. The van der Waals surface area contributed by atoms with Crippen LogP contribution in [0.25, 0.3) is 22.2 Å². The highest BCUT2D eigenvalue weighted by molar-refractivity contribution is 5.77. The Balaban J connectivity index is 1.35. The number of fused-ring (bicyclic) bond motifs is 1. The fourth-order valence-corrected chi connectivity index (χ4v) is 3.69. The number of hydrogen-bond acceptors (Lipinski definition) is 9. The Morgan fingerprint density at radius 1 is 1.21 bits per heavy atom. The molecule has 3 heterocycles. The van der Waals surface area contributed by atoms with E-state index in [2.05, 4.69) is 20.4 Å². The summed E-state index contributed by atoms with van der Waals surface area (Å²) in [6, 6.07) is 4.60. The maximum absolute atomic E-state index is 12.6. The Bertz CT molecular complexity index is 1180. The Morgan fingerprint density at radius 2 is 1.97 bits per heavy atom. The van der Waals surface area contributed by atoms with Gasteiger partial charge in [-0.1, -0.05) is 6.07 Å². The first kappa shape index (κ1) is 23.4. The van der Waals surface area contributed by atoms with E-state index in [9.17, 15) is 28.4 Å². The standard InChI is InChI=1S/C20H20F3N7O4/c21-20(22,23)11-28-6-4-15(10-28)34-18(31)3-5-26-19-27-30(33)17-7-13(1-2-16(17)29(19)32)14-8-24-12-25-9-14/h1-2,7-9,12,15H,3-6,10-11H2,(H,26,27). The Kier molecular flexibility index (Phi) is 6.58. The topological polar surface area (TPSA) is 134 Å². The van der Waals surface area contributed by atoms with Gasteiger partial charge in [0.25, 0.3) is 5.52 Å². The number of nitrogens with one attached hydrogen (secondary N) is 1. The zero-order valence-electron chi connectivity index (χ0n) is 17.7. The van der Waals surface area contributed by atoms with Crippen molar-refractivity contribution in [2.45, 2.75) is 25.1 Å². The molecule has 14 heteroatoms. The molecule has 0 amide bonds. The predicted molar refractivity (Wildman–Crippen MR) is 111 cm³/mol. The van der Waals surface area contributed by atoms with Gasteiger partial charge in [0.05, 0.1) is 19.5 Å². The molecule has 34 heavy (non-hydrogen) atoms. The van der Waals surface area contributed by atoms with Gasteiger partial charge in [0.1, 0.15) is 12.4 Å². The molecule has 1 atom stereocenters. The van der Waals surface area contributed by atoms with Crippen molar-refractivity contribution in [3.05, 3.63) is 47.3 Å². The average Bonchev–Trinajstić information content (AvgIpc) is 3.22. The molecule has 1 aliphatic rings. The van der Waals surface area contributed by atoms with Crippen LogP contribution in [-0.2, 0) is 9.53 Å². The normalized spacial score (nSPS) is 16.6. The van der Waals surface area contributed by atoms with Crippen LogP contribution >= 0.6 is 0 Å². The molecule has 1 N–H and O–H groups in total. The van der Waals surface area contributed by atoms with Crippen LogP contribution in [0, 0.1) is 10.4 Å². The zero-order valence-corrected chi connectivity index (χ0v) is 17.7. The summed E-state index contributed by atoms with van der Waals surface area (Å²) in [7, 11) is 0. The molecule has 0 bridgehead atoms. The largest absolute Gasteiger partial charge is 0.739 e. The van der Waals surface area contributed by atoms with Crippen LogP contribution in [0.15, 0.2) is 36.9 Å². The number of alkyl halides is 3. The molecule has 0 radical (unpaired) electrons. The number of benzene rings is 1. The predicted octanol–water partition coefficient (Wildman–Crippen LogP) is 0.940. The van der Waals surface area contributed by atoms with E-state index < -0.39 is 24.8 Å². The van der Waals surface area contributed by atoms with Crippen LogP contribution in [0.5, 0.6) is 0 Å². The average molecular weight is 479 g/mol. The quantitative estimate of drug-likeness (QED) is 0.298. The molecule has 0 aliphatic carbocycles. The second kappa shape index (κ2) is 9.59. The molecule has 180 valence electrons. The molecule has 1 fully saturated rings. The number of aromatic nitrogens is 5. The minimum atomic E-state index is -4.31. The molecule has 11 nitrogen and oxygen atoms in total. The van der Waals surface area contributed by atoms with E-state index >= 15 is 0 Å². The van der Waals surface area contributed by atoms with Crippen molar-refractivity contribution in [3.8, 4) is 11.1 Å². The van der Waals surface area contributed by atoms with Crippen molar-refractivity contribution in [2.24, 2.45) is 0 Å². The van der Waals surface area contributed by atoms with Gasteiger partial charge in [-0.15, -0.1) is 0 Å². The van der Waals surface area contributed by atoms with Crippen LogP contribution in [0.4, 0.5) is 19.1 Å². The van der Waals surface area contributed by atoms with Crippen LogP contribution in [0.3, 0.4) is 0 Å². The van der Waals surface area contributed by atoms with E-state index in [1.54, 1.807) is 18.5 Å². The number of carbonyl (C=O) groups is 1.